The number of carbonyl (C=O) groups excluding carboxylic acids is 4. The molecule has 0 spiro atoms. The van der Waals surface area contributed by atoms with Gasteiger partial charge in [0.25, 0.3) is 11.8 Å². The zero-order valence-corrected chi connectivity index (χ0v) is 16.9. The van der Waals surface area contributed by atoms with E-state index in [2.05, 4.69) is 0 Å². The molecule has 3 aromatic carbocycles. The van der Waals surface area contributed by atoms with Gasteiger partial charge in [0.1, 0.15) is 11.8 Å². The minimum atomic E-state index is -1.27. The number of esters is 1. The van der Waals surface area contributed by atoms with Gasteiger partial charge in [0.05, 0.1) is 11.1 Å². The molecule has 1 heterocycles. The van der Waals surface area contributed by atoms with E-state index >= 15 is 0 Å². The number of hydrogen-bond donors (Lipinski definition) is 1. The van der Waals surface area contributed by atoms with E-state index in [1.807, 2.05) is 0 Å². The maximum atomic E-state index is 13.0. The van der Waals surface area contributed by atoms with Crippen LogP contribution in [0, 0.1) is 0 Å². The molecule has 3 aromatic rings. The fourth-order valence-electron chi connectivity index (χ4n) is 3.57. The fraction of sp³-hybridized carbons (Fsp3) is 0.120. The van der Waals surface area contributed by atoms with Gasteiger partial charge in [0.15, 0.2) is 12.4 Å². The second-order valence-corrected chi connectivity index (χ2v) is 7.31. The Kier molecular flexibility index (Phi) is 5.81. The molecule has 0 saturated carbocycles. The predicted octanol–water partition coefficient (Wildman–Crippen LogP) is 3.03. The van der Waals surface area contributed by atoms with Gasteiger partial charge in [-0.3, -0.25) is 19.3 Å². The highest BCUT2D eigenvalue weighted by Gasteiger charge is 2.43. The molecule has 0 bridgehead atoms. The second kappa shape index (κ2) is 8.85. The van der Waals surface area contributed by atoms with Crippen molar-refractivity contribution in [3.63, 3.8) is 0 Å². The van der Waals surface area contributed by atoms with Crippen molar-refractivity contribution in [2.75, 3.05) is 6.61 Å². The number of nitrogens with zero attached hydrogens (tertiary/aromatic N) is 1. The first-order chi connectivity index (χ1) is 15.5. The van der Waals surface area contributed by atoms with Crippen LogP contribution in [-0.4, -0.2) is 46.2 Å². The number of hydrogen-bond acceptors (Lipinski definition) is 6. The Hall–Kier alpha value is -4.26. The highest BCUT2D eigenvalue weighted by molar-refractivity contribution is 6.22. The smallest absolute Gasteiger partial charge is 0.330 e. The maximum absolute atomic E-state index is 13.0. The molecule has 0 aromatic heterocycles. The zero-order chi connectivity index (χ0) is 22.7. The summed E-state index contributed by atoms with van der Waals surface area (Å²) < 4.78 is 5.24. The van der Waals surface area contributed by atoms with Crippen LogP contribution in [0.4, 0.5) is 0 Å². The topological polar surface area (TPSA) is 101 Å². The van der Waals surface area contributed by atoms with Gasteiger partial charge in [0.2, 0.25) is 0 Å². The van der Waals surface area contributed by atoms with E-state index in [1.165, 1.54) is 24.3 Å². The van der Waals surface area contributed by atoms with Gasteiger partial charge in [-0.2, -0.15) is 0 Å². The lowest BCUT2D eigenvalue weighted by molar-refractivity contribution is -0.147. The molecular weight excluding hydrogens is 410 g/mol. The monoisotopic (exact) mass is 429 g/mol. The number of aromatic hydroxyl groups is 1. The average molecular weight is 429 g/mol. The highest BCUT2D eigenvalue weighted by atomic mass is 16.5. The molecule has 0 saturated heterocycles. The summed E-state index contributed by atoms with van der Waals surface area (Å²) >= 11 is 0. The number of benzene rings is 3. The van der Waals surface area contributed by atoms with E-state index in [0.29, 0.717) is 11.1 Å². The Labute approximate surface area is 183 Å². The number of rotatable bonds is 7. The van der Waals surface area contributed by atoms with Crippen molar-refractivity contribution in [2.24, 2.45) is 0 Å². The Morgan fingerprint density at radius 2 is 1.38 bits per heavy atom. The van der Waals surface area contributed by atoms with Crippen LogP contribution in [0.1, 0.15) is 36.6 Å². The number of Topliss-reactive ketones (excluding diaryl/α,β-unsaturated/α-hetero) is 1. The summed E-state index contributed by atoms with van der Waals surface area (Å²) in [5.74, 6) is -2.41. The van der Waals surface area contributed by atoms with E-state index in [1.54, 1.807) is 54.6 Å². The molecular formula is C25H19NO6. The molecule has 0 unspecified atom stereocenters. The molecule has 7 heteroatoms. The number of phenols is 1. The van der Waals surface area contributed by atoms with Gasteiger partial charge >= 0.3 is 5.97 Å². The first-order valence-electron chi connectivity index (χ1n) is 9.95. The lowest BCUT2D eigenvalue weighted by Crippen LogP contribution is -2.47. The molecule has 0 aliphatic carbocycles. The molecule has 160 valence electrons. The summed E-state index contributed by atoms with van der Waals surface area (Å²) in [6, 6.07) is 19.5. The molecule has 1 aliphatic heterocycles. The third kappa shape index (κ3) is 4.13. The molecule has 32 heavy (non-hydrogen) atoms. The van der Waals surface area contributed by atoms with Crippen molar-refractivity contribution in [1.82, 2.24) is 4.90 Å². The minimum absolute atomic E-state index is 0.0237. The van der Waals surface area contributed by atoms with Crippen LogP contribution < -0.4 is 0 Å². The number of phenolic OH excluding ortho intramolecular Hbond substituents is 1. The summed E-state index contributed by atoms with van der Waals surface area (Å²) in [6.45, 7) is -0.516. The molecule has 2 amide bonds. The van der Waals surface area contributed by atoms with Gasteiger partial charge in [-0.05, 0) is 29.8 Å². The van der Waals surface area contributed by atoms with E-state index in [-0.39, 0.29) is 23.3 Å². The molecule has 0 radical (unpaired) electrons. The maximum Gasteiger partial charge on any atom is 0.330 e. The van der Waals surface area contributed by atoms with Crippen LogP contribution in [0.5, 0.6) is 5.75 Å². The van der Waals surface area contributed by atoms with Crippen molar-refractivity contribution in [3.8, 4) is 5.75 Å². The summed E-state index contributed by atoms with van der Waals surface area (Å²) in [6.07, 6.45) is -0.0237. The quantitative estimate of drug-likeness (QED) is 0.352. The van der Waals surface area contributed by atoms with Crippen LogP contribution in [0.25, 0.3) is 0 Å². The normalized spacial score (nSPS) is 13.6. The van der Waals surface area contributed by atoms with Gasteiger partial charge in [-0.1, -0.05) is 54.6 Å². The van der Waals surface area contributed by atoms with E-state index in [0.717, 1.165) is 4.90 Å². The van der Waals surface area contributed by atoms with Gasteiger partial charge in [-0.25, -0.2) is 4.79 Å². The van der Waals surface area contributed by atoms with Crippen LogP contribution >= 0.6 is 0 Å². The van der Waals surface area contributed by atoms with Crippen molar-refractivity contribution in [1.29, 1.82) is 0 Å². The number of imide groups is 1. The lowest BCUT2D eigenvalue weighted by atomic mass is 10.0. The molecule has 4 rings (SSSR count). The number of amides is 2. The Balaban J connectivity index is 1.58. The van der Waals surface area contributed by atoms with Crippen molar-refractivity contribution in [2.45, 2.75) is 12.5 Å². The molecule has 1 atom stereocenters. The number of fused-ring (bicyclic) bond motifs is 1. The van der Waals surface area contributed by atoms with Crippen molar-refractivity contribution < 1.29 is 29.0 Å². The highest BCUT2D eigenvalue weighted by Crippen LogP contribution is 2.27. The fourth-order valence-corrected chi connectivity index (χ4v) is 3.57. The van der Waals surface area contributed by atoms with Crippen LogP contribution in [0.2, 0.25) is 0 Å². The summed E-state index contributed by atoms with van der Waals surface area (Å²) in [5, 5.41) is 9.52. The van der Waals surface area contributed by atoms with E-state index in [4.69, 9.17) is 4.74 Å². The molecule has 1 N–H and O–H groups in total. The lowest BCUT2D eigenvalue weighted by Gasteiger charge is -2.24. The van der Waals surface area contributed by atoms with Gasteiger partial charge < -0.3 is 9.84 Å². The first kappa shape index (κ1) is 21.0. The number of ketones is 1. The number of ether oxygens (including phenoxy) is 1. The summed E-state index contributed by atoms with van der Waals surface area (Å²) in [7, 11) is 0. The Morgan fingerprint density at radius 3 is 1.97 bits per heavy atom. The summed E-state index contributed by atoms with van der Waals surface area (Å²) in [5.41, 5.74) is 1.41. The third-order valence-corrected chi connectivity index (χ3v) is 5.22. The zero-order valence-electron chi connectivity index (χ0n) is 16.9. The molecule has 1 aliphatic rings. The minimum Gasteiger partial charge on any atom is -0.508 e. The van der Waals surface area contributed by atoms with Crippen molar-refractivity contribution >= 4 is 23.6 Å². The molecule has 0 fully saturated rings. The van der Waals surface area contributed by atoms with Crippen molar-refractivity contribution in [3.05, 3.63) is 101 Å². The van der Waals surface area contributed by atoms with Crippen LogP contribution in [-0.2, 0) is 16.0 Å². The van der Waals surface area contributed by atoms with Crippen LogP contribution in [0.15, 0.2) is 78.9 Å². The largest absolute Gasteiger partial charge is 0.508 e. The van der Waals surface area contributed by atoms with Crippen LogP contribution in [0.3, 0.4) is 0 Å². The Morgan fingerprint density at radius 1 is 0.812 bits per heavy atom. The van der Waals surface area contributed by atoms with E-state index in [9.17, 15) is 24.3 Å². The van der Waals surface area contributed by atoms with E-state index < -0.39 is 36.2 Å². The van der Waals surface area contributed by atoms with Gasteiger partial charge in [-0.15, -0.1) is 0 Å². The third-order valence-electron chi connectivity index (χ3n) is 5.22. The first-order valence-corrected chi connectivity index (χ1v) is 9.95. The van der Waals surface area contributed by atoms with Gasteiger partial charge in [0, 0.05) is 12.0 Å². The predicted molar refractivity (Wildman–Crippen MR) is 114 cm³/mol. The average Bonchev–Trinajstić information content (AvgIpc) is 3.07. The summed E-state index contributed by atoms with van der Waals surface area (Å²) in [4.78, 5) is 52.1. The molecule has 7 nitrogen and oxygen atoms in total. The second-order valence-electron chi connectivity index (χ2n) is 7.31. The number of carbonyl (C=O) groups is 4. The SMILES string of the molecule is O=C(COC(=O)[C@H](Cc1ccc(O)cc1)N1C(=O)c2ccccc2C1=O)c1ccccc1. The standard InChI is InChI=1S/C25H19NO6/c27-18-12-10-16(11-13-18)14-21(25(31)32-15-22(28)17-6-2-1-3-7-17)26-23(29)19-8-4-5-9-20(19)24(26)30/h1-13,21,27H,14-15H2/t21-/m0/s1. The Bertz CT molecular complexity index is 1150.